The Morgan fingerprint density at radius 2 is 1.83 bits per heavy atom. The summed E-state index contributed by atoms with van der Waals surface area (Å²) >= 11 is 0. The average Bonchev–Trinajstić information content (AvgIpc) is 3.26. The van der Waals surface area contributed by atoms with Crippen molar-refractivity contribution >= 4 is 16.7 Å². The van der Waals surface area contributed by atoms with Crippen LogP contribution in [0.4, 0.5) is 0 Å². The average molecular weight is 311 g/mol. The maximum atomic E-state index is 13.1. The van der Waals surface area contributed by atoms with Gasteiger partial charge < -0.3 is 4.90 Å². The lowest BCUT2D eigenvalue weighted by Gasteiger charge is -2.29. The number of nitrogens with one attached hydrogen (secondary N) is 1. The number of carbonyl (C=O) groups excluding carboxylic acids is 1. The number of benzene rings is 1. The van der Waals surface area contributed by atoms with Crippen molar-refractivity contribution in [3.63, 3.8) is 0 Å². The van der Waals surface area contributed by atoms with Crippen LogP contribution in [0.2, 0.25) is 0 Å². The standard InChI is InChI=1S/C18H21N3O2/c22-17-14-9-4-3-8-13(14)16(19-20-17)18(23)21-11-5-10-15(21)12-6-1-2-7-12/h3-4,8-9,12,15H,1-2,5-7,10-11H2,(H,20,22). The highest BCUT2D eigenvalue weighted by Crippen LogP contribution is 2.36. The lowest BCUT2D eigenvalue weighted by molar-refractivity contribution is 0.0684. The van der Waals surface area contributed by atoms with E-state index >= 15 is 0 Å². The quantitative estimate of drug-likeness (QED) is 0.927. The number of carbonyl (C=O) groups is 1. The number of amides is 1. The zero-order valence-electron chi connectivity index (χ0n) is 13.1. The summed E-state index contributed by atoms with van der Waals surface area (Å²) in [4.78, 5) is 27.0. The van der Waals surface area contributed by atoms with Crippen LogP contribution >= 0.6 is 0 Å². The summed E-state index contributed by atoms with van der Waals surface area (Å²) in [5.41, 5.74) is 0.135. The number of hydrogen-bond acceptors (Lipinski definition) is 3. The van der Waals surface area contributed by atoms with E-state index in [0.29, 0.717) is 28.4 Å². The van der Waals surface area contributed by atoms with Gasteiger partial charge in [0.2, 0.25) is 0 Å². The molecule has 1 saturated heterocycles. The normalized spacial score (nSPS) is 22.1. The molecule has 2 aromatic rings. The van der Waals surface area contributed by atoms with Crippen LogP contribution in [0.5, 0.6) is 0 Å². The van der Waals surface area contributed by atoms with Crippen LogP contribution < -0.4 is 5.56 Å². The minimum atomic E-state index is -0.245. The maximum absolute atomic E-state index is 13.1. The number of fused-ring (bicyclic) bond motifs is 1. The van der Waals surface area contributed by atoms with Crippen LogP contribution in [0.3, 0.4) is 0 Å². The minimum Gasteiger partial charge on any atom is -0.334 e. The predicted octanol–water partition coefficient (Wildman–Crippen LogP) is 2.72. The van der Waals surface area contributed by atoms with Gasteiger partial charge in [-0.15, -0.1) is 0 Å². The molecule has 1 saturated carbocycles. The van der Waals surface area contributed by atoms with E-state index in [1.165, 1.54) is 25.7 Å². The van der Waals surface area contributed by atoms with Gasteiger partial charge in [-0.05, 0) is 37.7 Å². The van der Waals surface area contributed by atoms with Gasteiger partial charge in [0, 0.05) is 18.0 Å². The second kappa shape index (κ2) is 5.80. The van der Waals surface area contributed by atoms with Crippen molar-refractivity contribution in [2.75, 3.05) is 6.54 Å². The summed E-state index contributed by atoms with van der Waals surface area (Å²) in [6.45, 7) is 0.801. The molecule has 2 fully saturated rings. The molecule has 4 rings (SSSR count). The Hall–Kier alpha value is -2.17. The number of likely N-dealkylation sites (tertiary alicyclic amines) is 1. The molecule has 5 heteroatoms. The van der Waals surface area contributed by atoms with Crippen LogP contribution in [-0.2, 0) is 0 Å². The Kier molecular flexibility index (Phi) is 3.63. The van der Waals surface area contributed by atoms with Gasteiger partial charge in [0.05, 0.1) is 5.39 Å². The van der Waals surface area contributed by atoms with Gasteiger partial charge in [-0.2, -0.15) is 5.10 Å². The Labute approximate surface area is 134 Å². The van der Waals surface area contributed by atoms with Crippen LogP contribution in [0.25, 0.3) is 10.8 Å². The molecule has 2 aliphatic rings. The molecule has 1 unspecified atom stereocenters. The van der Waals surface area contributed by atoms with Gasteiger partial charge in [-0.3, -0.25) is 9.59 Å². The SMILES string of the molecule is O=C(c1n[nH]c(=O)c2ccccc12)N1CCCC1C1CCCC1. The number of hydrogen-bond donors (Lipinski definition) is 1. The van der Waals surface area contributed by atoms with Gasteiger partial charge in [-0.1, -0.05) is 31.0 Å². The monoisotopic (exact) mass is 311 g/mol. The predicted molar refractivity (Wildman–Crippen MR) is 88.4 cm³/mol. The van der Waals surface area contributed by atoms with Gasteiger partial charge in [0.15, 0.2) is 5.69 Å². The molecule has 1 aliphatic carbocycles. The van der Waals surface area contributed by atoms with Crippen molar-refractivity contribution in [3.05, 3.63) is 40.3 Å². The van der Waals surface area contributed by atoms with Gasteiger partial charge in [0.1, 0.15) is 0 Å². The highest BCUT2D eigenvalue weighted by atomic mass is 16.2. The van der Waals surface area contributed by atoms with Crippen LogP contribution in [0, 0.1) is 5.92 Å². The lowest BCUT2D eigenvalue weighted by atomic mass is 9.95. The molecular weight excluding hydrogens is 290 g/mol. The van der Waals surface area contributed by atoms with E-state index in [-0.39, 0.29) is 11.5 Å². The first-order valence-corrected chi connectivity index (χ1v) is 8.54. The molecule has 2 heterocycles. The molecule has 1 atom stereocenters. The smallest absolute Gasteiger partial charge is 0.275 e. The topological polar surface area (TPSA) is 66.1 Å². The zero-order valence-corrected chi connectivity index (χ0v) is 13.1. The summed E-state index contributed by atoms with van der Waals surface area (Å²) in [7, 11) is 0. The van der Waals surface area contributed by atoms with Crippen molar-refractivity contribution in [2.45, 2.75) is 44.6 Å². The Balaban J connectivity index is 1.71. The largest absolute Gasteiger partial charge is 0.334 e. The number of H-pyrrole nitrogens is 1. The molecule has 1 aromatic carbocycles. The molecule has 5 nitrogen and oxygen atoms in total. The first kappa shape index (κ1) is 14.4. The number of nitrogens with zero attached hydrogens (tertiary/aromatic N) is 2. The van der Waals surface area contributed by atoms with E-state index in [2.05, 4.69) is 10.2 Å². The van der Waals surface area contributed by atoms with E-state index in [1.54, 1.807) is 6.07 Å². The molecule has 120 valence electrons. The van der Waals surface area contributed by atoms with E-state index in [0.717, 1.165) is 19.4 Å². The zero-order chi connectivity index (χ0) is 15.8. The van der Waals surface area contributed by atoms with Gasteiger partial charge >= 0.3 is 0 Å². The fourth-order valence-electron chi connectivity index (χ4n) is 4.29. The lowest BCUT2D eigenvalue weighted by Crippen LogP contribution is -2.40. The number of aromatic amines is 1. The highest BCUT2D eigenvalue weighted by molar-refractivity contribution is 6.04. The minimum absolute atomic E-state index is 0.0353. The first-order chi connectivity index (χ1) is 11.3. The van der Waals surface area contributed by atoms with E-state index < -0.39 is 0 Å². The summed E-state index contributed by atoms with van der Waals surface area (Å²) in [6.07, 6.45) is 7.18. The van der Waals surface area contributed by atoms with Crippen molar-refractivity contribution in [2.24, 2.45) is 5.92 Å². The van der Waals surface area contributed by atoms with E-state index in [4.69, 9.17) is 0 Å². The van der Waals surface area contributed by atoms with Crippen LogP contribution in [-0.4, -0.2) is 33.6 Å². The fourth-order valence-corrected chi connectivity index (χ4v) is 4.29. The summed E-state index contributed by atoms with van der Waals surface area (Å²) in [5, 5.41) is 7.74. The van der Waals surface area contributed by atoms with Crippen LogP contribution in [0.15, 0.2) is 29.1 Å². The fraction of sp³-hybridized carbons (Fsp3) is 0.500. The molecule has 23 heavy (non-hydrogen) atoms. The molecule has 1 aliphatic heterocycles. The van der Waals surface area contributed by atoms with E-state index in [1.807, 2.05) is 23.1 Å². The first-order valence-electron chi connectivity index (χ1n) is 8.54. The summed E-state index contributed by atoms with van der Waals surface area (Å²) in [5.74, 6) is 0.599. The van der Waals surface area contributed by atoms with Gasteiger partial charge in [0.25, 0.3) is 11.5 Å². The molecule has 0 spiro atoms. The van der Waals surface area contributed by atoms with Crippen LogP contribution in [0.1, 0.15) is 49.0 Å². The van der Waals surface area contributed by atoms with Crippen molar-refractivity contribution < 1.29 is 4.79 Å². The van der Waals surface area contributed by atoms with Crippen molar-refractivity contribution in [3.8, 4) is 0 Å². The number of aromatic nitrogens is 2. The van der Waals surface area contributed by atoms with E-state index in [9.17, 15) is 9.59 Å². The molecular formula is C18H21N3O2. The molecule has 0 bridgehead atoms. The van der Waals surface area contributed by atoms with Crippen molar-refractivity contribution in [1.82, 2.24) is 15.1 Å². The summed E-state index contributed by atoms with van der Waals surface area (Å²) in [6, 6.07) is 7.55. The molecule has 1 aromatic heterocycles. The Bertz CT molecular complexity index is 792. The third-order valence-corrected chi connectivity index (χ3v) is 5.40. The van der Waals surface area contributed by atoms with Crippen molar-refractivity contribution in [1.29, 1.82) is 0 Å². The number of rotatable bonds is 2. The second-order valence-corrected chi connectivity index (χ2v) is 6.70. The highest BCUT2D eigenvalue weighted by Gasteiger charge is 2.37. The maximum Gasteiger partial charge on any atom is 0.275 e. The third kappa shape index (κ3) is 2.44. The molecule has 0 radical (unpaired) electrons. The Morgan fingerprint density at radius 1 is 1.09 bits per heavy atom. The summed E-state index contributed by atoms with van der Waals surface area (Å²) < 4.78 is 0. The third-order valence-electron chi connectivity index (χ3n) is 5.40. The molecule has 1 N–H and O–H groups in total. The van der Waals surface area contributed by atoms with Gasteiger partial charge in [-0.25, -0.2) is 5.10 Å². The Morgan fingerprint density at radius 3 is 2.61 bits per heavy atom. The second-order valence-electron chi connectivity index (χ2n) is 6.70. The molecule has 1 amide bonds.